The fraction of sp³-hybridized carbons (Fsp3) is 0.391. The van der Waals surface area contributed by atoms with Crippen molar-refractivity contribution in [2.24, 2.45) is 5.92 Å². The Labute approximate surface area is 184 Å². The second-order valence-electron chi connectivity index (χ2n) is 7.77. The standard InChI is InChI=1S/C23H26N4O3S/c1-3-30-23(29)17-11-18(21(28)26-14(17)2)19-13-31-22(27-19)16-8-9-24-20(10-16)25-12-15-6-4-5-7-15/h8-11,13,15H,3-7,12H2,1-2H3,(H,24,25)(H,26,28). The quantitative estimate of drug-likeness (QED) is 0.521. The van der Waals surface area contributed by atoms with Crippen molar-refractivity contribution in [1.82, 2.24) is 15.0 Å². The van der Waals surface area contributed by atoms with Crippen LogP contribution in [0.4, 0.5) is 5.82 Å². The SMILES string of the molecule is CCOC(=O)c1cc(-c2csc(-c3ccnc(NCC4CCCC4)c3)n2)c(=O)[nH]c1C. The van der Waals surface area contributed by atoms with Gasteiger partial charge >= 0.3 is 5.97 Å². The zero-order chi connectivity index (χ0) is 21.8. The Morgan fingerprint density at radius 2 is 2.13 bits per heavy atom. The van der Waals surface area contributed by atoms with Gasteiger partial charge in [0.2, 0.25) is 0 Å². The second-order valence-corrected chi connectivity index (χ2v) is 8.63. The van der Waals surface area contributed by atoms with Gasteiger partial charge in [0.1, 0.15) is 10.8 Å². The predicted molar refractivity (Wildman–Crippen MR) is 123 cm³/mol. The maximum atomic E-state index is 12.5. The van der Waals surface area contributed by atoms with Crippen LogP contribution in [0.3, 0.4) is 0 Å². The van der Waals surface area contributed by atoms with E-state index in [-0.39, 0.29) is 12.2 Å². The molecule has 3 aromatic rings. The molecule has 7 nitrogen and oxygen atoms in total. The summed E-state index contributed by atoms with van der Waals surface area (Å²) >= 11 is 1.45. The minimum Gasteiger partial charge on any atom is -0.462 e. The molecule has 0 bridgehead atoms. The Kier molecular flexibility index (Phi) is 6.46. The molecule has 0 radical (unpaired) electrons. The van der Waals surface area contributed by atoms with Crippen molar-refractivity contribution in [2.45, 2.75) is 39.5 Å². The molecular formula is C23H26N4O3S. The lowest BCUT2D eigenvalue weighted by atomic mass is 10.1. The van der Waals surface area contributed by atoms with Crippen LogP contribution in [-0.2, 0) is 4.74 Å². The highest BCUT2D eigenvalue weighted by Gasteiger charge is 2.18. The van der Waals surface area contributed by atoms with Gasteiger partial charge < -0.3 is 15.0 Å². The van der Waals surface area contributed by atoms with E-state index in [0.717, 1.165) is 28.9 Å². The highest BCUT2D eigenvalue weighted by Crippen LogP contribution is 2.30. The number of anilines is 1. The number of carbonyl (C=O) groups excluding carboxylic acids is 1. The smallest absolute Gasteiger partial charge is 0.339 e. The summed E-state index contributed by atoms with van der Waals surface area (Å²) in [4.78, 5) is 36.5. The summed E-state index contributed by atoms with van der Waals surface area (Å²) in [6.07, 6.45) is 6.96. The summed E-state index contributed by atoms with van der Waals surface area (Å²) in [6.45, 7) is 4.64. The summed E-state index contributed by atoms with van der Waals surface area (Å²) < 4.78 is 5.09. The number of hydrogen-bond donors (Lipinski definition) is 2. The van der Waals surface area contributed by atoms with Crippen molar-refractivity contribution in [3.05, 3.63) is 51.4 Å². The Hall–Kier alpha value is -3.00. The van der Waals surface area contributed by atoms with Crippen LogP contribution in [0.5, 0.6) is 0 Å². The van der Waals surface area contributed by atoms with Crippen molar-refractivity contribution in [2.75, 3.05) is 18.5 Å². The van der Waals surface area contributed by atoms with E-state index in [0.29, 0.717) is 22.5 Å². The highest BCUT2D eigenvalue weighted by atomic mass is 32.1. The summed E-state index contributed by atoms with van der Waals surface area (Å²) in [5.74, 6) is 1.10. The van der Waals surface area contributed by atoms with Crippen LogP contribution in [0.2, 0.25) is 0 Å². The molecule has 0 amide bonds. The van der Waals surface area contributed by atoms with Gasteiger partial charge in [-0.2, -0.15) is 0 Å². The third-order valence-electron chi connectivity index (χ3n) is 5.57. The van der Waals surface area contributed by atoms with Crippen LogP contribution < -0.4 is 10.9 Å². The van der Waals surface area contributed by atoms with Crippen LogP contribution in [-0.4, -0.2) is 34.1 Å². The number of carbonyl (C=O) groups is 1. The van der Waals surface area contributed by atoms with Gasteiger partial charge in [0, 0.05) is 29.4 Å². The third-order valence-corrected chi connectivity index (χ3v) is 6.46. The normalized spacial score (nSPS) is 14.0. The van der Waals surface area contributed by atoms with Crippen molar-refractivity contribution in [3.63, 3.8) is 0 Å². The number of aryl methyl sites for hydroxylation is 1. The van der Waals surface area contributed by atoms with Gasteiger partial charge in [0.25, 0.3) is 5.56 Å². The fourth-order valence-electron chi connectivity index (χ4n) is 3.89. The van der Waals surface area contributed by atoms with Crippen LogP contribution in [0, 0.1) is 12.8 Å². The molecule has 8 heteroatoms. The summed E-state index contributed by atoms with van der Waals surface area (Å²) in [5.41, 5.74) is 2.36. The van der Waals surface area contributed by atoms with Crippen molar-refractivity contribution in [1.29, 1.82) is 0 Å². The number of esters is 1. The van der Waals surface area contributed by atoms with E-state index >= 15 is 0 Å². The van der Waals surface area contributed by atoms with Gasteiger partial charge in [0.15, 0.2) is 0 Å². The van der Waals surface area contributed by atoms with Crippen LogP contribution in [0.1, 0.15) is 48.7 Å². The molecule has 162 valence electrons. The number of thiazole rings is 1. The molecule has 0 unspecified atom stereocenters. The van der Waals surface area contributed by atoms with Gasteiger partial charge in [-0.1, -0.05) is 12.8 Å². The zero-order valence-electron chi connectivity index (χ0n) is 17.7. The first-order valence-electron chi connectivity index (χ1n) is 10.6. The average Bonchev–Trinajstić information content (AvgIpc) is 3.45. The Morgan fingerprint density at radius 3 is 2.90 bits per heavy atom. The number of nitrogens with zero attached hydrogens (tertiary/aromatic N) is 2. The lowest BCUT2D eigenvalue weighted by Gasteiger charge is -2.11. The first-order chi connectivity index (χ1) is 15.0. The maximum Gasteiger partial charge on any atom is 0.339 e. The molecule has 0 atom stereocenters. The van der Waals surface area contributed by atoms with Gasteiger partial charge in [-0.05, 0) is 50.8 Å². The lowest BCUT2D eigenvalue weighted by Crippen LogP contribution is -2.16. The number of pyridine rings is 2. The van der Waals surface area contributed by atoms with E-state index in [4.69, 9.17) is 4.74 Å². The first kappa shape index (κ1) is 21.2. The Balaban J connectivity index is 1.57. The molecule has 0 aliphatic heterocycles. The molecule has 4 rings (SSSR count). The highest BCUT2D eigenvalue weighted by molar-refractivity contribution is 7.13. The van der Waals surface area contributed by atoms with E-state index in [1.165, 1.54) is 37.0 Å². The largest absolute Gasteiger partial charge is 0.462 e. The minimum absolute atomic E-state index is 0.271. The van der Waals surface area contributed by atoms with E-state index in [9.17, 15) is 9.59 Å². The summed E-state index contributed by atoms with van der Waals surface area (Å²) in [7, 11) is 0. The molecular weight excluding hydrogens is 412 g/mol. The molecule has 0 aromatic carbocycles. The Bertz CT molecular complexity index is 1130. The number of aromatic nitrogens is 3. The maximum absolute atomic E-state index is 12.5. The number of ether oxygens (including phenoxy) is 1. The minimum atomic E-state index is -0.458. The van der Waals surface area contributed by atoms with Gasteiger partial charge in [-0.15, -0.1) is 11.3 Å². The van der Waals surface area contributed by atoms with E-state index in [1.54, 1.807) is 26.1 Å². The summed E-state index contributed by atoms with van der Waals surface area (Å²) in [6, 6.07) is 5.46. The van der Waals surface area contributed by atoms with Gasteiger partial charge in [-0.25, -0.2) is 14.8 Å². The van der Waals surface area contributed by atoms with Crippen molar-refractivity contribution in [3.8, 4) is 21.8 Å². The lowest BCUT2D eigenvalue weighted by molar-refractivity contribution is 0.0525. The molecule has 3 heterocycles. The van der Waals surface area contributed by atoms with E-state index in [2.05, 4.69) is 20.3 Å². The monoisotopic (exact) mass is 438 g/mol. The average molecular weight is 439 g/mol. The van der Waals surface area contributed by atoms with Crippen molar-refractivity contribution >= 4 is 23.1 Å². The number of aromatic amines is 1. The molecule has 2 N–H and O–H groups in total. The van der Waals surface area contributed by atoms with Gasteiger partial charge in [0.05, 0.1) is 23.4 Å². The van der Waals surface area contributed by atoms with E-state index < -0.39 is 5.97 Å². The zero-order valence-corrected chi connectivity index (χ0v) is 18.6. The molecule has 0 saturated heterocycles. The molecule has 3 aromatic heterocycles. The number of hydrogen-bond acceptors (Lipinski definition) is 7. The second kappa shape index (κ2) is 9.43. The number of nitrogens with one attached hydrogen (secondary N) is 2. The summed E-state index contributed by atoms with van der Waals surface area (Å²) in [5, 5.41) is 6.06. The molecule has 1 aliphatic rings. The topological polar surface area (TPSA) is 97.0 Å². The molecule has 0 spiro atoms. The number of H-pyrrole nitrogens is 1. The van der Waals surface area contributed by atoms with Crippen LogP contribution >= 0.6 is 11.3 Å². The third kappa shape index (κ3) is 4.85. The molecule has 1 fully saturated rings. The molecule has 31 heavy (non-hydrogen) atoms. The predicted octanol–water partition coefficient (Wildman–Crippen LogP) is 4.65. The van der Waals surface area contributed by atoms with Crippen LogP contribution in [0.15, 0.2) is 34.6 Å². The van der Waals surface area contributed by atoms with Crippen molar-refractivity contribution < 1.29 is 9.53 Å². The molecule has 1 aliphatic carbocycles. The van der Waals surface area contributed by atoms with Gasteiger partial charge in [-0.3, -0.25) is 4.79 Å². The van der Waals surface area contributed by atoms with Crippen LogP contribution in [0.25, 0.3) is 21.8 Å². The van der Waals surface area contributed by atoms with E-state index in [1.807, 2.05) is 17.5 Å². The molecule has 1 saturated carbocycles. The fourth-order valence-corrected chi connectivity index (χ4v) is 4.70. The number of rotatable bonds is 7. The Morgan fingerprint density at radius 1 is 1.32 bits per heavy atom. The first-order valence-corrected chi connectivity index (χ1v) is 11.5.